The number of alkyl halides is 3. The van der Waals surface area contributed by atoms with Gasteiger partial charge in [0.25, 0.3) is 0 Å². The Kier molecular flexibility index (Phi) is 3.40. The van der Waals surface area contributed by atoms with Gasteiger partial charge in [-0.3, -0.25) is 0 Å². The second-order valence-corrected chi connectivity index (χ2v) is 5.55. The molecule has 1 heterocycles. The Morgan fingerprint density at radius 2 is 1.67 bits per heavy atom. The molecule has 0 aromatic heterocycles. The van der Waals surface area contributed by atoms with Gasteiger partial charge >= 0.3 is 6.18 Å². The molecule has 0 amide bonds. The first-order valence-corrected chi connectivity index (χ1v) is 6.97. The van der Waals surface area contributed by atoms with E-state index in [9.17, 15) is 13.2 Å². The molecule has 4 heteroatoms. The predicted octanol–water partition coefficient (Wildman–Crippen LogP) is 5.05. The van der Waals surface area contributed by atoms with Gasteiger partial charge in [-0.2, -0.15) is 13.2 Å². The van der Waals surface area contributed by atoms with E-state index in [1.54, 1.807) is 12.1 Å². The van der Waals surface area contributed by atoms with Crippen LogP contribution in [0, 0.1) is 5.92 Å². The Morgan fingerprint density at radius 3 is 2.43 bits per heavy atom. The van der Waals surface area contributed by atoms with Crippen molar-refractivity contribution >= 4 is 5.69 Å². The molecule has 0 saturated heterocycles. The number of hydrogen-bond acceptors (Lipinski definition) is 1. The molecule has 3 rings (SSSR count). The summed E-state index contributed by atoms with van der Waals surface area (Å²) in [7, 11) is 0. The first-order chi connectivity index (χ1) is 9.97. The van der Waals surface area contributed by atoms with Crippen LogP contribution in [0.5, 0.6) is 0 Å². The zero-order chi connectivity index (χ0) is 15.0. The molecule has 0 radical (unpaired) electrons. The van der Waals surface area contributed by atoms with Crippen molar-refractivity contribution in [1.82, 2.24) is 0 Å². The van der Waals surface area contributed by atoms with Crippen LogP contribution in [0.25, 0.3) is 0 Å². The number of para-hydroxylation sites is 1. The average Bonchev–Trinajstić information content (AvgIpc) is 2.45. The average molecular weight is 291 g/mol. The third-order valence-corrected chi connectivity index (χ3v) is 4.04. The van der Waals surface area contributed by atoms with Crippen molar-refractivity contribution in [3.05, 3.63) is 65.2 Å². The molecule has 2 aromatic rings. The SMILES string of the molecule is CC1Cc2ccccc2NC1c1ccccc1C(F)(F)F. The van der Waals surface area contributed by atoms with E-state index in [-0.39, 0.29) is 12.0 Å². The summed E-state index contributed by atoms with van der Waals surface area (Å²) in [6, 6.07) is 13.3. The first kappa shape index (κ1) is 14.0. The van der Waals surface area contributed by atoms with Gasteiger partial charge in [0.2, 0.25) is 0 Å². The number of nitrogens with one attached hydrogen (secondary N) is 1. The second kappa shape index (κ2) is 5.10. The molecule has 2 unspecified atom stereocenters. The van der Waals surface area contributed by atoms with E-state index in [0.29, 0.717) is 5.56 Å². The van der Waals surface area contributed by atoms with E-state index in [4.69, 9.17) is 0 Å². The van der Waals surface area contributed by atoms with Gasteiger partial charge in [-0.15, -0.1) is 0 Å². The van der Waals surface area contributed by atoms with E-state index in [0.717, 1.165) is 23.7 Å². The molecular formula is C17H16F3N. The lowest BCUT2D eigenvalue weighted by atomic mass is 9.83. The third-order valence-electron chi connectivity index (χ3n) is 4.04. The lowest BCUT2D eigenvalue weighted by Gasteiger charge is -2.34. The number of fused-ring (bicyclic) bond motifs is 1. The number of anilines is 1. The van der Waals surface area contributed by atoms with Gasteiger partial charge in [-0.1, -0.05) is 43.3 Å². The van der Waals surface area contributed by atoms with Crippen molar-refractivity contribution in [3.8, 4) is 0 Å². The van der Waals surface area contributed by atoms with E-state index in [2.05, 4.69) is 5.32 Å². The van der Waals surface area contributed by atoms with Crippen LogP contribution in [0.2, 0.25) is 0 Å². The van der Waals surface area contributed by atoms with Crippen molar-refractivity contribution in [2.75, 3.05) is 5.32 Å². The van der Waals surface area contributed by atoms with E-state index in [1.807, 2.05) is 31.2 Å². The Morgan fingerprint density at radius 1 is 1.00 bits per heavy atom. The van der Waals surface area contributed by atoms with Crippen LogP contribution in [0.4, 0.5) is 18.9 Å². The Bertz CT molecular complexity index is 648. The summed E-state index contributed by atoms with van der Waals surface area (Å²) >= 11 is 0. The summed E-state index contributed by atoms with van der Waals surface area (Å²) in [5.74, 6) is 0.100. The molecule has 21 heavy (non-hydrogen) atoms. The zero-order valence-electron chi connectivity index (χ0n) is 11.6. The smallest absolute Gasteiger partial charge is 0.378 e. The second-order valence-electron chi connectivity index (χ2n) is 5.55. The topological polar surface area (TPSA) is 12.0 Å². The van der Waals surface area contributed by atoms with Crippen LogP contribution in [0.15, 0.2) is 48.5 Å². The molecule has 2 atom stereocenters. The van der Waals surface area contributed by atoms with Gasteiger partial charge in [-0.25, -0.2) is 0 Å². The largest absolute Gasteiger partial charge is 0.416 e. The van der Waals surface area contributed by atoms with Crippen molar-refractivity contribution < 1.29 is 13.2 Å². The van der Waals surface area contributed by atoms with Crippen LogP contribution >= 0.6 is 0 Å². The van der Waals surface area contributed by atoms with Gasteiger partial charge in [0.15, 0.2) is 0 Å². The molecule has 0 spiro atoms. The number of benzene rings is 2. The summed E-state index contributed by atoms with van der Waals surface area (Å²) in [6.45, 7) is 1.99. The Balaban J connectivity index is 2.03. The lowest BCUT2D eigenvalue weighted by molar-refractivity contribution is -0.138. The van der Waals surface area contributed by atoms with E-state index < -0.39 is 11.7 Å². The van der Waals surface area contributed by atoms with Gasteiger partial charge in [0, 0.05) is 5.69 Å². The fourth-order valence-corrected chi connectivity index (χ4v) is 3.02. The van der Waals surface area contributed by atoms with Gasteiger partial charge in [0.1, 0.15) is 0 Å². The van der Waals surface area contributed by atoms with Gasteiger partial charge < -0.3 is 5.32 Å². The van der Waals surface area contributed by atoms with Crippen molar-refractivity contribution in [2.24, 2.45) is 5.92 Å². The minimum absolute atomic E-state index is 0.100. The molecule has 1 nitrogen and oxygen atoms in total. The summed E-state index contributed by atoms with van der Waals surface area (Å²) < 4.78 is 39.6. The maximum Gasteiger partial charge on any atom is 0.416 e. The molecule has 0 fully saturated rings. The summed E-state index contributed by atoms with van der Waals surface area (Å²) in [5.41, 5.74) is 1.86. The molecule has 2 aromatic carbocycles. The zero-order valence-corrected chi connectivity index (χ0v) is 11.6. The highest BCUT2D eigenvalue weighted by molar-refractivity contribution is 5.56. The van der Waals surface area contributed by atoms with Crippen molar-refractivity contribution in [2.45, 2.75) is 25.6 Å². The van der Waals surface area contributed by atoms with E-state index >= 15 is 0 Å². The molecule has 110 valence electrons. The van der Waals surface area contributed by atoms with Crippen molar-refractivity contribution in [1.29, 1.82) is 0 Å². The van der Waals surface area contributed by atoms with Crippen LogP contribution in [-0.4, -0.2) is 0 Å². The third kappa shape index (κ3) is 2.62. The molecule has 0 bridgehead atoms. The summed E-state index contributed by atoms with van der Waals surface area (Å²) in [4.78, 5) is 0. The summed E-state index contributed by atoms with van der Waals surface area (Å²) in [5, 5.41) is 3.28. The normalized spacial score (nSPS) is 21.5. The molecule has 0 aliphatic carbocycles. The predicted molar refractivity (Wildman–Crippen MR) is 77.1 cm³/mol. The number of halogens is 3. The molecule has 0 saturated carbocycles. The van der Waals surface area contributed by atoms with Gasteiger partial charge in [-0.05, 0) is 35.6 Å². The van der Waals surface area contributed by atoms with Crippen molar-refractivity contribution in [3.63, 3.8) is 0 Å². The van der Waals surface area contributed by atoms with Gasteiger partial charge in [0.05, 0.1) is 11.6 Å². The van der Waals surface area contributed by atoms with Crippen LogP contribution in [0.3, 0.4) is 0 Å². The van der Waals surface area contributed by atoms with Crippen LogP contribution < -0.4 is 5.32 Å². The highest BCUT2D eigenvalue weighted by Crippen LogP contribution is 2.41. The first-order valence-electron chi connectivity index (χ1n) is 6.97. The molecule has 1 N–H and O–H groups in total. The van der Waals surface area contributed by atoms with Crippen LogP contribution in [-0.2, 0) is 12.6 Å². The maximum absolute atomic E-state index is 13.2. The highest BCUT2D eigenvalue weighted by atomic mass is 19.4. The van der Waals surface area contributed by atoms with E-state index in [1.165, 1.54) is 6.07 Å². The minimum atomic E-state index is -4.32. The summed E-state index contributed by atoms with van der Waals surface area (Å²) in [6.07, 6.45) is -3.55. The quantitative estimate of drug-likeness (QED) is 0.775. The molecular weight excluding hydrogens is 275 g/mol. The van der Waals surface area contributed by atoms with Crippen LogP contribution in [0.1, 0.15) is 29.7 Å². The fourth-order valence-electron chi connectivity index (χ4n) is 3.02. The fraction of sp³-hybridized carbons (Fsp3) is 0.294. The highest BCUT2D eigenvalue weighted by Gasteiger charge is 2.37. The Labute approximate surface area is 121 Å². The number of hydrogen-bond donors (Lipinski definition) is 1. The molecule has 1 aliphatic heterocycles. The monoisotopic (exact) mass is 291 g/mol. The number of rotatable bonds is 1. The maximum atomic E-state index is 13.2. The standard InChI is InChI=1S/C17H16F3N/c1-11-10-12-6-2-5-9-15(12)21-16(11)13-7-3-4-8-14(13)17(18,19)20/h2-9,11,16,21H,10H2,1H3. The molecule has 1 aliphatic rings. The minimum Gasteiger partial charge on any atom is -0.378 e. The Hall–Kier alpha value is -1.97. The lowest BCUT2D eigenvalue weighted by Crippen LogP contribution is -2.28.